The fourth-order valence-electron chi connectivity index (χ4n) is 3.87. The summed E-state index contributed by atoms with van der Waals surface area (Å²) in [7, 11) is 1.96. The molecule has 2 aromatic rings. The maximum absolute atomic E-state index is 5.77. The van der Waals surface area contributed by atoms with Crippen LogP contribution in [0.2, 0.25) is 0 Å². The average Bonchev–Trinajstić information content (AvgIpc) is 3.17. The van der Waals surface area contributed by atoms with Gasteiger partial charge in [0.2, 0.25) is 0 Å². The van der Waals surface area contributed by atoms with Crippen LogP contribution in [0.25, 0.3) is 11.0 Å². The van der Waals surface area contributed by atoms with Gasteiger partial charge in [-0.1, -0.05) is 0 Å². The van der Waals surface area contributed by atoms with Crippen molar-refractivity contribution in [2.45, 2.75) is 25.9 Å². The normalized spacial score (nSPS) is 23.0. The fourth-order valence-corrected chi connectivity index (χ4v) is 3.87. The number of anilines is 1. The zero-order valence-electron chi connectivity index (χ0n) is 14.0. The van der Waals surface area contributed by atoms with E-state index in [2.05, 4.69) is 32.9 Å². The Morgan fingerprint density at radius 3 is 2.83 bits per heavy atom. The minimum absolute atomic E-state index is 0.453. The number of piperazine rings is 1. The maximum Gasteiger partial charge on any atom is 0.159 e. The van der Waals surface area contributed by atoms with Gasteiger partial charge in [0.05, 0.1) is 22.9 Å². The highest BCUT2D eigenvalue weighted by atomic mass is 16.5. The largest absolute Gasteiger partial charge is 0.377 e. The smallest absolute Gasteiger partial charge is 0.159 e. The van der Waals surface area contributed by atoms with Crippen molar-refractivity contribution < 1.29 is 4.74 Å². The van der Waals surface area contributed by atoms with E-state index in [1.165, 1.54) is 23.9 Å². The van der Waals surface area contributed by atoms with Crippen molar-refractivity contribution in [2.24, 2.45) is 7.05 Å². The minimum atomic E-state index is 0.453. The van der Waals surface area contributed by atoms with Crippen molar-refractivity contribution in [3.8, 4) is 0 Å². The first-order chi connectivity index (χ1) is 11.2. The van der Waals surface area contributed by atoms with Gasteiger partial charge in [0.1, 0.15) is 0 Å². The predicted molar refractivity (Wildman–Crippen MR) is 90.9 cm³/mol. The van der Waals surface area contributed by atoms with Gasteiger partial charge in [-0.15, -0.1) is 0 Å². The molecule has 0 spiro atoms. The number of pyridine rings is 1. The molecule has 0 N–H and O–H groups in total. The van der Waals surface area contributed by atoms with Crippen LogP contribution in [0.15, 0.2) is 12.3 Å². The number of aryl methyl sites for hydroxylation is 2. The lowest BCUT2D eigenvalue weighted by Crippen LogP contribution is -2.48. The molecule has 4 rings (SSSR count). The molecule has 1 atom stereocenters. The molecule has 0 aliphatic carbocycles. The maximum atomic E-state index is 5.77. The second-order valence-corrected chi connectivity index (χ2v) is 6.66. The summed E-state index contributed by atoms with van der Waals surface area (Å²) in [5.74, 6) is 0. The summed E-state index contributed by atoms with van der Waals surface area (Å²) in [6.07, 6.45) is 4.80. The van der Waals surface area contributed by atoms with Crippen LogP contribution >= 0.6 is 0 Å². The molecule has 0 saturated carbocycles. The average molecular weight is 315 g/mol. The molecule has 0 bridgehead atoms. The Kier molecular flexibility index (Phi) is 3.95. The van der Waals surface area contributed by atoms with E-state index in [9.17, 15) is 0 Å². The summed E-state index contributed by atoms with van der Waals surface area (Å²) in [5.41, 5.74) is 3.31. The molecule has 6 nitrogen and oxygen atoms in total. The zero-order valence-corrected chi connectivity index (χ0v) is 14.0. The lowest BCUT2D eigenvalue weighted by Gasteiger charge is -2.37. The van der Waals surface area contributed by atoms with Crippen LogP contribution in [-0.2, 0) is 11.8 Å². The first-order valence-corrected chi connectivity index (χ1v) is 8.59. The molecule has 1 unspecified atom stereocenters. The monoisotopic (exact) mass is 315 g/mol. The van der Waals surface area contributed by atoms with E-state index in [0.29, 0.717) is 6.10 Å². The third kappa shape index (κ3) is 2.81. The molecule has 0 amide bonds. The molecule has 2 aromatic heterocycles. The van der Waals surface area contributed by atoms with Crippen LogP contribution < -0.4 is 4.90 Å². The van der Waals surface area contributed by atoms with Gasteiger partial charge in [0.15, 0.2) is 5.65 Å². The van der Waals surface area contributed by atoms with Crippen LogP contribution in [0.3, 0.4) is 0 Å². The summed E-state index contributed by atoms with van der Waals surface area (Å²) in [5, 5.41) is 5.73. The topological polar surface area (TPSA) is 46.4 Å². The third-order valence-electron chi connectivity index (χ3n) is 5.08. The van der Waals surface area contributed by atoms with Crippen LogP contribution in [-0.4, -0.2) is 65.1 Å². The predicted octanol–water partition coefficient (Wildman–Crippen LogP) is 1.58. The van der Waals surface area contributed by atoms with Crippen molar-refractivity contribution >= 4 is 16.7 Å². The van der Waals surface area contributed by atoms with Crippen LogP contribution in [0, 0.1) is 6.92 Å². The van der Waals surface area contributed by atoms with Crippen molar-refractivity contribution in [1.29, 1.82) is 0 Å². The Labute approximate surface area is 137 Å². The van der Waals surface area contributed by atoms with Gasteiger partial charge < -0.3 is 9.64 Å². The van der Waals surface area contributed by atoms with E-state index >= 15 is 0 Å². The van der Waals surface area contributed by atoms with Gasteiger partial charge >= 0.3 is 0 Å². The lowest BCUT2D eigenvalue weighted by molar-refractivity contribution is 0.0713. The SMILES string of the molecule is Cc1nn(C)c2nccc(N3CCN(CC4CCCO4)CC3)c12. The number of rotatable bonds is 3. The Bertz CT molecular complexity index is 684. The van der Waals surface area contributed by atoms with Gasteiger partial charge in [-0.25, -0.2) is 4.98 Å². The Balaban J connectivity index is 1.48. The second-order valence-electron chi connectivity index (χ2n) is 6.66. The van der Waals surface area contributed by atoms with E-state index in [4.69, 9.17) is 4.74 Å². The second kappa shape index (κ2) is 6.09. The molecule has 0 aromatic carbocycles. The van der Waals surface area contributed by atoms with Gasteiger partial charge in [-0.2, -0.15) is 5.10 Å². The molecular formula is C17H25N5O. The van der Waals surface area contributed by atoms with E-state index in [0.717, 1.165) is 50.7 Å². The van der Waals surface area contributed by atoms with Crippen molar-refractivity contribution in [3.63, 3.8) is 0 Å². The fraction of sp³-hybridized carbons (Fsp3) is 0.647. The number of hydrogen-bond acceptors (Lipinski definition) is 5. The first kappa shape index (κ1) is 14.9. The first-order valence-electron chi connectivity index (χ1n) is 8.59. The summed E-state index contributed by atoms with van der Waals surface area (Å²) < 4.78 is 7.65. The Hall–Kier alpha value is -1.66. The quantitative estimate of drug-likeness (QED) is 0.860. The molecule has 2 saturated heterocycles. The molecule has 2 fully saturated rings. The van der Waals surface area contributed by atoms with Crippen molar-refractivity contribution in [3.05, 3.63) is 18.0 Å². The molecule has 4 heterocycles. The van der Waals surface area contributed by atoms with Gasteiger partial charge in [-0.05, 0) is 25.8 Å². The molecule has 6 heteroatoms. The van der Waals surface area contributed by atoms with Gasteiger partial charge in [0, 0.05) is 52.6 Å². The number of aromatic nitrogens is 3. The van der Waals surface area contributed by atoms with Crippen LogP contribution in [0.5, 0.6) is 0 Å². The Morgan fingerprint density at radius 1 is 1.26 bits per heavy atom. The minimum Gasteiger partial charge on any atom is -0.377 e. The third-order valence-corrected chi connectivity index (χ3v) is 5.08. The molecular weight excluding hydrogens is 290 g/mol. The number of hydrogen-bond donors (Lipinski definition) is 0. The summed E-state index contributed by atoms with van der Waals surface area (Å²) >= 11 is 0. The van der Waals surface area contributed by atoms with Crippen LogP contribution in [0.1, 0.15) is 18.5 Å². The standard InChI is InChI=1S/C17H25N5O/c1-13-16-15(5-6-18-17(16)20(2)19-13)22-9-7-21(8-10-22)12-14-4-3-11-23-14/h5-6,14H,3-4,7-12H2,1-2H3. The van der Waals surface area contributed by atoms with Crippen molar-refractivity contribution in [2.75, 3.05) is 44.2 Å². The number of fused-ring (bicyclic) bond motifs is 1. The number of ether oxygens (including phenoxy) is 1. The molecule has 0 radical (unpaired) electrons. The summed E-state index contributed by atoms with van der Waals surface area (Å²) in [4.78, 5) is 9.51. The molecule has 124 valence electrons. The Morgan fingerprint density at radius 2 is 2.09 bits per heavy atom. The van der Waals surface area contributed by atoms with E-state index < -0.39 is 0 Å². The highest BCUT2D eigenvalue weighted by Gasteiger charge is 2.24. The van der Waals surface area contributed by atoms with E-state index in [-0.39, 0.29) is 0 Å². The number of nitrogens with zero attached hydrogens (tertiary/aromatic N) is 5. The highest BCUT2D eigenvalue weighted by molar-refractivity contribution is 5.91. The van der Waals surface area contributed by atoms with Gasteiger partial charge in [0.25, 0.3) is 0 Å². The van der Waals surface area contributed by atoms with Gasteiger partial charge in [-0.3, -0.25) is 9.58 Å². The van der Waals surface area contributed by atoms with Crippen LogP contribution in [0.4, 0.5) is 5.69 Å². The molecule has 23 heavy (non-hydrogen) atoms. The lowest BCUT2D eigenvalue weighted by atomic mass is 10.1. The zero-order chi connectivity index (χ0) is 15.8. The van der Waals surface area contributed by atoms with E-state index in [1.807, 2.05) is 17.9 Å². The van der Waals surface area contributed by atoms with E-state index in [1.54, 1.807) is 0 Å². The summed E-state index contributed by atoms with van der Waals surface area (Å²) in [6, 6.07) is 2.13. The highest BCUT2D eigenvalue weighted by Crippen LogP contribution is 2.28. The molecule has 2 aliphatic rings. The molecule has 2 aliphatic heterocycles. The summed E-state index contributed by atoms with van der Waals surface area (Å²) in [6.45, 7) is 8.42. The van der Waals surface area contributed by atoms with Crippen molar-refractivity contribution in [1.82, 2.24) is 19.7 Å².